The smallest absolute Gasteiger partial charge is 0.264 e. The molecule has 0 radical (unpaired) electrons. The average molecular weight is 490 g/mol. The van der Waals surface area contributed by atoms with E-state index in [0.717, 1.165) is 5.56 Å². The summed E-state index contributed by atoms with van der Waals surface area (Å²) < 4.78 is 12.5. The number of nitrogens with zero attached hydrogens (tertiary/aromatic N) is 2. The minimum absolute atomic E-state index is 0.0957. The van der Waals surface area contributed by atoms with Crippen LogP contribution in [0.2, 0.25) is 0 Å². The van der Waals surface area contributed by atoms with Crippen LogP contribution in [-0.4, -0.2) is 31.0 Å². The summed E-state index contributed by atoms with van der Waals surface area (Å²) in [5.74, 6) is 0.879. The molecule has 0 aromatic heterocycles. The molecule has 2 rings (SSSR count). The van der Waals surface area contributed by atoms with Crippen LogP contribution in [0.3, 0.4) is 0 Å². The highest BCUT2D eigenvalue weighted by atomic mass is 127. The first-order valence-electron chi connectivity index (χ1n) is 8.98. The Balaban J connectivity index is 2.20. The van der Waals surface area contributed by atoms with Gasteiger partial charge in [0, 0.05) is 16.7 Å². The van der Waals surface area contributed by atoms with Crippen molar-refractivity contribution in [2.45, 2.75) is 20.5 Å². The van der Waals surface area contributed by atoms with Crippen molar-refractivity contribution in [2.75, 3.05) is 20.2 Å². The maximum absolute atomic E-state index is 12.4. The van der Waals surface area contributed by atoms with Crippen LogP contribution in [0.5, 0.6) is 11.5 Å². The number of halogens is 1. The fourth-order valence-electron chi connectivity index (χ4n) is 2.62. The summed E-state index contributed by atoms with van der Waals surface area (Å²) in [6, 6.07) is 15.4. The second-order valence-corrected chi connectivity index (χ2v) is 7.22. The number of hydrogen-bond donors (Lipinski definition) is 0. The highest BCUT2D eigenvalue weighted by molar-refractivity contribution is 14.1. The van der Waals surface area contributed by atoms with Crippen LogP contribution in [0.4, 0.5) is 0 Å². The Kier molecular flexibility index (Phi) is 8.33. The lowest BCUT2D eigenvalue weighted by Gasteiger charge is -2.17. The van der Waals surface area contributed by atoms with Crippen molar-refractivity contribution in [3.8, 4) is 17.6 Å². The number of carbonyl (C=O) groups is 1. The fourth-order valence-corrected chi connectivity index (χ4v) is 2.98. The number of amides is 1. The normalized spacial score (nSPS) is 10.9. The highest BCUT2D eigenvalue weighted by Crippen LogP contribution is 2.30. The van der Waals surface area contributed by atoms with Crippen LogP contribution in [-0.2, 0) is 11.4 Å². The molecule has 2 aromatic rings. The van der Waals surface area contributed by atoms with Gasteiger partial charge in [-0.1, -0.05) is 18.2 Å². The van der Waals surface area contributed by atoms with Gasteiger partial charge in [0.05, 0.1) is 7.11 Å². The van der Waals surface area contributed by atoms with Gasteiger partial charge in [-0.3, -0.25) is 4.79 Å². The molecule has 0 aliphatic heterocycles. The number of benzene rings is 2. The van der Waals surface area contributed by atoms with Gasteiger partial charge in [-0.25, -0.2) is 0 Å². The van der Waals surface area contributed by atoms with Crippen molar-refractivity contribution in [2.24, 2.45) is 0 Å². The Bertz CT molecular complexity index is 882. The molecule has 0 atom stereocenters. The Morgan fingerprint density at radius 3 is 2.39 bits per heavy atom. The van der Waals surface area contributed by atoms with Gasteiger partial charge < -0.3 is 14.4 Å². The predicted molar refractivity (Wildman–Crippen MR) is 118 cm³/mol. The lowest BCUT2D eigenvalue weighted by atomic mass is 10.1. The molecule has 1 amide bonds. The zero-order valence-corrected chi connectivity index (χ0v) is 18.4. The summed E-state index contributed by atoms with van der Waals surface area (Å²) in [6.07, 6.45) is 1.58. The monoisotopic (exact) mass is 490 g/mol. The van der Waals surface area contributed by atoms with Gasteiger partial charge in [0.1, 0.15) is 18.2 Å². The average Bonchev–Trinajstić information content (AvgIpc) is 2.72. The molecule has 2 aromatic carbocycles. The molecule has 0 bridgehead atoms. The quantitative estimate of drug-likeness (QED) is 0.307. The first-order valence-corrected chi connectivity index (χ1v) is 10.1. The van der Waals surface area contributed by atoms with E-state index in [2.05, 4.69) is 22.6 Å². The van der Waals surface area contributed by atoms with Crippen LogP contribution >= 0.6 is 22.6 Å². The molecule has 0 saturated heterocycles. The minimum atomic E-state index is -0.273. The van der Waals surface area contributed by atoms with Crippen LogP contribution in [0.15, 0.2) is 48.0 Å². The maximum atomic E-state index is 12.4. The number of hydrogen-bond acceptors (Lipinski definition) is 4. The van der Waals surface area contributed by atoms with Crippen molar-refractivity contribution < 1.29 is 14.3 Å². The largest absolute Gasteiger partial charge is 0.493 e. The summed E-state index contributed by atoms with van der Waals surface area (Å²) in [7, 11) is 1.56. The first-order chi connectivity index (χ1) is 13.5. The Labute approximate surface area is 179 Å². The number of carbonyl (C=O) groups excluding carboxylic acids is 1. The molecule has 0 aliphatic rings. The van der Waals surface area contributed by atoms with Crippen LogP contribution in [0.25, 0.3) is 6.08 Å². The molecule has 0 N–H and O–H groups in total. The van der Waals surface area contributed by atoms with Gasteiger partial charge in [0.25, 0.3) is 5.91 Å². The van der Waals surface area contributed by atoms with E-state index in [4.69, 9.17) is 9.47 Å². The third kappa shape index (κ3) is 5.73. The van der Waals surface area contributed by atoms with Crippen molar-refractivity contribution in [1.29, 1.82) is 5.26 Å². The third-order valence-electron chi connectivity index (χ3n) is 4.21. The molecule has 5 nitrogen and oxygen atoms in total. The van der Waals surface area contributed by atoms with Gasteiger partial charge in [-0.05, 0) is 77.9 Å². The van der Waals surface area contributed by atoms with Crippen molar-refractivity contribution >= 4 is 34.6 Å². The molecule has 0 saturated carbocycles. The fraction of sp³-hybridized carbons (Fsp3) is 0.273. The zero-order chi connectivity index (χ0) is 20.5. The molecule has 0 spiro atoms. The highest BCUT2D eigenvalue weighted by Gasteiger charge is 2.15. The Morgan fingerprint density at radius 2 is 1.82 bits per heavy atom. The van der Waals surface area contributed by atoms with Crippen molar-refractivity contribution in [3.05, 3.63) is 62.7 Å². The molecule has 28 heavy (non-hydrogen) atoms. The minimum Gasteiger partial charge on any atom is -0.493 e. The van der Waals surface area contributed by atoms with E-state index in [0.29, 0.717) is 36.8 Å². The van der Waals surface area contributed by atoms with Gasteiger partial charge in [0.15, 0.2) is 11.5 Å². The first kappa shape index (κ1) is 21.8. The summed E-state index contributed by atoms with van der Waals surface area (Å²) in [5.41, 5.74) is 1.86. The van der Waals surface area contributed by atoms with E-state index in [1.807, 2.05) is 44.2 Å². The van der Waals surface area contributed by atoms with E-state index in [1.165, 1.54) is 3.57 Å². The van der Waals surface area contributed by atoms with E-state index < -0.39 is 0 Å². The van der Waals surface area contributed by atoms with E-state index in [-0.39, 0.29) is 11.5 Å². The lowest BCUT2D eigenvalue weighted by Crippen LogP contribution is -2.31. The summed E-state index contributed by atoms with van der Waals surface area (Å²) in [5, 5.41) is 9.39. The number of ether oxygens (including phenoxy) is 2. The molecule has 0 aliphatic carbocycles. The van der Waals surface area contributed by atoms with Crippen molar-refractivity contribution in [1.82, 2.24) is 4.90 Å². The molecule has 0 heterocycles. The SMILES string of the molecule is CCN(CC)C(=O)/C(C#N)=C\c1ccc(OCc2ccc(I)cc2)c(OC)c1. The van der Waals surface area contributed by atoms with Gasteiger partial charge in [0.2, 0.25) is 0 Å². The molecular weight excluding hydrogens is 467 g/mol. The van der Waals surface area contributed by atoms with Gasteiger partial charge in [-0.2, -0.15) is 5.26 Å². The van der Waals surface area contributed by atoms with Gasteiger partial charge >= 0.3 is 0 Å². The maximum Gasteiger partial charge on any atom is 0.264 e. The Hall–Kier alpha value is -2.53. The molecule has 0 unspecified atom stereocenters. The van der Waals surface area contributed by atoms with Crippen molar-refractivity contribution in [3.63, 3.8) is 0 Å². The molecular formula is C22H23IN2O3. The van der Waals surface area contributed by atoms with Gasteiger partial charge in [-0.15, -0.1) is 0 Å². The van der Waals surface area contributed by atoms with Crippen LogP contribution < -0.4 is 9.47 Å². The molecule has 0 fully saturated rings. The second-order valence-electron chi connectivity index (χ2n) is 5.97. The second kappa shape index (κ2) is 10.7. The predicted octanol–water partition coefficient (Wildman–Crippen LogP) is 4.65. The number of nitriles is 1. The lowest BCUT2D eigenvalue weighted by molar-refractivity contribution is -0.126. The molecule has 146 valence electrons. The summed E-state index contributed by atoms with van der Waals surface area (Å²) in [6.45, 7) is 5.32. The van der Waals surface area contributed by atoms with E-state index >= 15 is 0 Å². The zero-order valence-electron chi connectivity index (χ0n) is 16.2. The van der Waals surface area contributed by atoms with Crippen LogP contribution in [0.1, 0.15) is 25.0 Å². The number of rotatable bonds is 8. The summed E-state index contributed by atoms with van der Waals surface area (Å²) >= 11 is 2.26. The number of likely N-dealkylation sites (N-methyl/N-ethyl adjacent to an activating group) is 1. The number of methoxy groups -OCH3 is 1. The van der Waals surface area contributed by atoms with Crippen LogP contribution in [0, 0.1) is 14.9 Å². The topological polar surface area (TPSA) is 62.6 Å². The Morgan fingerprint density at radius 1 is 1.14 bits per heavy atom. The molecule has 6 heteroatoms. The van der Waals surface area contributed by atoms with E-state index in [9.17, 15) is 10.1 Å². The van der Waals surface area contributed by atoms with E-state index in [1.54, 1.807) is 36.3 Å². The third-order valence-corrected chi connectivity index (χ3v) is 4.93. The summed E-state index contributed by atoms with van der Waals surface area (Å²) in [4.78, 5) is 14.0. The standard InChI is InChI=1S/C22H23IN2O3/c1-4-25(5-2)22(26)18(14-24)12-17-8-11-20(21(13-17)27-3)28-15-16-6-9-19(23)10-7-16/h6-13H,4-5,15H2,1-3H3/b18-12-.